The molecule has 2 N–H and O–H groups in total. The van der Waals surface area contributed by atoms with Crippen molar-refractivity contribution >= 4 is 5.91 Å². The minimum absolute atomic E-state index is 0.0223. The molecule has 1 aliphatic heterocycles. The number of aliphatic hydroxyl groups is 2. The zero-order valence-electron chi connectivity index (χ0n) is 13.4. The first-order valence-corrected chi connectivity index (χ1v) is 8.87. The van der Waals surface area contributed by atoms with Crippen LogP contribution in [0.4, 0.5) is 0 Å². The molecule has 126 valence electrons. The maximum Gasteiger partial charge on any atom is 0.225 e. The quantitative estimate of drug-likeness (QED) is 0.828. The van der Waals surface area contributed by atoms with E-state index >= 15 is 0 Å². The average molecular weight is 311 g/mol. The summed E-state index contributed by atoms with van der Waals surface area (Å²) in [5.41, 5.74) is -0.813. The van der Waals surface area contributed by atoms with E-state index in [4.69, 9.17) is 4.74 Å². The molecule has 0 bridgehead atoms. The minimum atomic E-state index is -0.813. The van der Waals surface area contributed by atoms with E-state index in [1.807, 2.05) is 4.90 Å². The summed E-state index contributed by atoms with van der Waals surface area (Å²) in [6.07, 6.45) is 7.37. The lowest BCUT2D eigenvalue weighted by Gasteiger charge is -2.42. The first kappa shape index (κ1) is 16.2. The van der Waals surface area contributed by atoms with Gasteiger partial charge in [-0.05, 0) is 25.7 Å². The zero-order valence-corrected chi connectivity index (χ0v) is 13.4. The molecule has 1 heterocycles. The van der Waals surface area contributed by atoms with Gasteiger partial charge in [0.15, 0.2) is 0 Å². The van der Waals surface area contributed by atoms with Crippen LogP contribution in [0.15, 0.2) is 0 Å². The normalized spacial score (nSPS) is 35.5. The van der Waals surface area contributed by atoms with Gasteiger partial charge in [0.25, 0.3) is 0 Å². The second-order valence-corrected chi connectivity index (χ2v) is 7.35. The molecular formula is C17H29NO4. The van der Waals surface area contributed by atoms with Crippen LogP contribution in [-0.4, -0.2) is 58.5 Å². The Balaban J connectivity index is 1.66. The van der Waals surface area contributed by atoms with Gasteiger partial charge in [0, 0.05) is 12.5 Å². The molecule has 3 fully saturated rings. The van der Waals surface area contributed by atoms with Crippen molar-refractivity contribution in [1.29, 1.82) is 0 Å². The summed E-state index contributed by atoms with van der Waals surface area (Å²) in [6.45, 7) is 1.66. The molecule has 2 aliphatic carbocycles. The summed E-state index contributed by atoms with van der Waals surface area (Å²) in [5.74, 6) is 0.169. The van der Waals surface area contributed by atoms with Gasteiger partial charge in [0.1, 0.15) is 0 Å². The molecule has 5 heteroatoms. The van der Waals surface area contributed by atoms with Crippen molar-refractivity contribution in [2.45, 2.75) is 75.5 Å². The molecule has 1 amide bonds. The van der Waals surface area contributed by atoms with Gasteiger partial charge in [-0.2, -0.15) is 0 Å². The predicted molar refractivity (Wildman–Crippen MR) is 82.3 cm³/mol. The van der Waals surface area contributed by atoms with E-state index in [2.05, 4.69) is 0 Å². The Morgan fingerprint density at radius 3 is 2.64 bits per heavy atom. The molecule has 22 heavy (non-hydrogen) atoms. The zero-order chi connectivity index (χ0) is 15.6. The average Bonchev–Trinajstić information content (AvgIpc) is 2.93. The third-order valence-electron chi connectivity index (χ3n) is 5.78. The monoisotopic (exact) mass is 311 g/mol. The summed E-state index contributed by atoms with van der Waals surface area (Å²) < 4.78 is 5.57. The summed E-state index contributed by atoms with van der Waals surface area (Å²) in [4.78, 5) is 14.7. The Morgan fingerprint density at radius 2 is 1.95 bits per heavy atom. The largest absolute Gasteiger partial charge is 0.393 e. The fourth-order valence-electron chi connectivity index (χ4n) is 4.47. The van der Waals surface area contributed by atoms with E-state index in [9.17, 15) is 15.0 Å². The Bertz CT molecular complexity index is 394. The van der Waals surface area contributed by atoms with Gasteiger partial charge in [0.05, 0.1) is 37.4 Å². The topological polar surface area (TPSA) is 70.0 Å². The number of hydrogen-bond donors (Lipinski definition) is 2. The van der Waals surface area contributed by atoms with Crippen molar-refractivity contribution in [3.8, 4) is 0 Å². The van der Waals surface area contributed by atoms with E-state index in [0.717, 1.165) is 51.4 Å². The summed E-state index contributed by atoms with van der Waals surface area (Å²) in [7, 11) is 0. The number of hydrogen-bond acceptors (Lipinski definition) is 4. The number of morpholine rings is 1. The molecule has 2 saturated carbocycles. The summed E-state index contributed by atoms with van der Waals surface area (Å²) in [6, 6.07) is -0.0223. The molecule has 0 aromatic heterocycles. The van der Waals surface area contributed by atoms with Gasteiger partial charge in [-0.15, -0.1) is 0 Å². The Labute approximate surface area is 132 Å². The van der Waals surface area contributed by atoms with Gasteiger partial charge in [-0.25, -0.2) is 0 Å². The molecule has 0 radical (unpaired) electrons. The SMILES string of the molecule is O=C(CC1(O)CCCCC1)N1CCOC[C@@H]1[C@H]1CCC[C@@H]1O. The van der Waals surface area contributed by atoms with Crippen LogP contribution in [0.2, 0.25) is 0 Å². The number of carbonyl (C=O) groups excluding carboxylic acids is 1. The van der Waals surface area contributed by atoms with Gasteiger partial charge in [-0.1, -0.05) is 25.7 Å². The highest BCUT2D eigenvalue weighted by Crippen LogP contribution is 2.35. The van der Waals surface area contributed by atoms with Crippen LogP contribution in [-0.2, 0) is 9.53 Å². The molecular weight excluding hydrogens is 282 g/mol. The Hall–Kier alpha value is -0.650. The molecule has 3 rings (SSSR count). The molecule has 0 aromatic carbocycles. The number of rotatable bonds is 3. The molecule has 3 aliphatic rings. The maximum atomic E-state index is 12.8. The highest BCUT2D eigenvalue weighted by Gasteiger charge is 2.41. The smallest absolute Gasteiger partial charge is 0.225 e. The first-order chi connectivity index (χ1) is 10.6. The Morgan fingerprint density at radius 1 is 1.18 bits per heavy atom. The highest BCUT2D eigenvalue weighted by atomic mass is 16.5. The number of amides is 1. The van der Waals surface area contributed by atoms with Crippen LogP contribution in [0.25, 0.3) is 0 Å². The molecule has 0 spiro atoms. The van der Waals surface area contributed by atoms with E-state index < -0.39 is 5.60 Å². The van der Waals surface area contributed by atoms with Crippen LogP contribution in [0, 0.1) is 5.92 Å². The van der Waals surface area contributed by atoms with Gasteiger partial charge in [0.2, 0.25) is 5.91 Å². The van der Waals surface area contributed by atoms with Crippen molar-refractivity contribution in [1.82, 2.24) is 4.90 Å². The summed E-state index contributed by atoms with van der Waals surface area (Å²) >= 11 is 0. The van der Waals surface area contributed by atoms with Crippen molar-refractivity contribution in [2.75, 3.05) is 19.8 Å². The van der Waals surface area contributed by atoms with Crippen LogP contribution >= 0.6 is 0 Å². The lowest BCUT2D eigenvalue weighted by atomic mass is 9.82. The van der Waals surface area contributed by atoms with Crippen LogP contribution in [0.1, 0.15) is 57.8 Å². The summed E-state index contributed by atoms with van der Waals surface area (Å²) in [5, 5.41) is 20.8. The van der Waals surface area contributed by atoms with Crippen molar-refractivity contribution in [3.05, 3.63) is 0 Å². The van der Waals surface area contributed by atoms with E-state index in [0.29, 0.717) is 19.8 Å². The predicted octanol–water partition coefficient (Wildman–Crippen LogP) is 1.46. The van der Waals surface area contributed by atoms with Crippen LogP contribution in [0.5, 0.6) is 0 Å². The highest BCUT2D eigenvalue weighted by molar-refractivity contribution is 5.77. The van der Waals surface area contributed by atoms with Gasteiger partial charge < -0.3 is 19.8 Å². The number of nitrogens with zero attached hydrogens (tertiary/aromatic N) is 1. The number of carbonyl (C=O) groups is 1. The van der Waals surface area contributed by atoms with Crippen LogP contribution in [0.3, 0.4) is 0 Å². The first-order valence-electron chi connectivity index (χ1n) is 8.87. The van der Waals surface area contributed by atoms with Crippen molar-refractivity contribution in [2.24, 2.45) is 5.92 Å². The number of aliphatic hydroxyl groups excluding tert-OH is 1. The van der Waals surface area contributed by atoms with E-state index in [-0.39, 0.29) is 30.4 Å². The third kappa shape index (κ3) is 3.47. The standard InChI is InChI=1S/C17H29NO4/c19-15-6-4-5-13(15)14-12-22-10-9-18(14)16(20)11-17(21)7-2-1-3-8-17/h13-15,19,21H,1-12H2/t13-,14-,15+/m1/s1. The van der Waals surface area contributed by atoms with Crippen molar-refractivity contribution < 1.29 is 19.7 Å². The molecule has 1 saturated heterocycles. The minimum Gasteiger partial charge on any atom is -0.393 e. The second-order valence-electron chi connectivity index (χ2n) is 7.35. The Kier molecular flexibility index (Phi) is 5.05. The lowest BCUT2D eigenvalue weighted by molar-refractivity contribution is -0.150. The van der Waals surface area contributed by atoms with Crippen molar-refractivity contribution in [3.63, 3.8) is 0 Å². The third-order valence-corrected chi connectivity index (χ3v) is 5.78. The van der Waals surface area contributed by atoms with Gasteiger partial charge in [-0.3, -0.25) is 4.79 Å². The van der Waals surface area contributed by atoms with Gasteiger partial charge >= 0.3 is 0 Å². The molecule has 5 nitrogen and oxygen atoms in total. The lowest BCUT2D eigenvalue weighted by Crippen LogP contribution is -2.55. The molecule has 0 unspecified atom stereocenters. The van der Waals surface area contributed by atoms with E-state index in [1.54, 1.807) is 0 Å². The molecule has 3 atom stereocenters. The number of ether oxygens (including phenoxy) is 1. The fourth-order valence-corrected chi connectivity index (χ4v) is 4.47. The molecule has 0 aromatic rings. The fraction of sp³-hybridized carbons (Fsp3) is 0.941. The van der Waals surface area contributed by atoms with Crippen LogP contribution < -0.4 is 0 Å². The second kappa shape index (κ2) is 6.85. The van der Waals surface area contributed by atoms with E-state index in [1.165, 1.54) is 0 Å². The maximum absolute atomic E-state index is 12.8.